The van der Waals surface area contributed by atoms with Gasteiger partial charge in [-0.15, -0.1) is 0 Å². The number of nitrogens with zero attached hydrogens (tertiary/aromatic N) is 1. The van der Waals surface area contributed by atoms with E-state index in [0.717, 1.165) is 4.31 Å². The van der Waals surface area contributed by atoms with Crippen LogP contribution in [0.2, 0.25) is 10.0 Å². The number of halogens is 2. The highest BCUT2D eigenvalue weighted by molar-refractivity contribution is 7.93. The number of anilines is 3. The van der Waals surface area contributed by atoms with Crippen LogP contribution in [0, 0.1) is 0 Å². The van der Waals surface area contributed by atoms with E-state index in [2.05, 4.69) is 10.0 Å². The molecule has 0 aliphatic carbocycles. The van der Waals surface area contributed by atoms with Crippen LogP contribution in [0.15, 0.2) is 113 Å². The van der Waals surface area contributed by atoms with E-state index in [9.17, 15) is 21.6 Å². The Morgan fingerprint density at radius 2 is 1.32 bits per heavy atom. The normalized spacial score (nSPS) is 11.5. The van der Waals surface area contributed by atoms with Crippen LogP contribution in [0.25, 0.3) is 0 Å². The van der Waals surface area contributed by atoms with Gasteiger partial charge in [-0.25, -0.2) is 16.8 Å². The molecule has 0 aromatic heterocycles. The Hall–Kier alpha value is -3.57. The summed E-state index contributed by atoms with van der Waals surface area (Å²) in [5.74, 6) is -0.639. The van der Waals surface area contributed by atoms with Gasteiger partial charge in [0.2, 0.25) is 5.91 Å². The summed E-state index contributed by atoms with van der Waals surface area (Å²) in [6.45, 7) is -0.546. The number of hydrogen-bond donors (Lipinski definition) is 2. The van der Waals surface area contributed by atoms with E-state index in [1.54, 1.807) is 42.5 Å². The SMILES string of the molecule is O=C(CN(c1cccc(Cl)c1)S(=O)(=O)c1ccccc1)Nc1ccc(S(=O)(=O)Nc2ccc(Cl)cc2)cc1. The van der Waals surface area contributed by atoms with Gasteiger partial charge in [0.15, 0.2) is 0 Å². The van der Waals surface area contributed by atoms with E-state index in [1.165, 1.54) is 60.7 Å². The van der Waals surface area contributed by atoms with Gasteiger partial charge in [0, 0.05) is 21.4 Å². The van der Waals surface area contributed by atoms with Crippen molar-refractivity contribution < 1.29 is 21.6 Å². The summed E-state index contributed by atoms with van der Waals surface area (Å²) in [5.41, 5.74) is 0.835. The van der Waals surface area contributed by atoms with Gasteiger partial charge in [0.1, 0.15) is 6.54 Å². The number of hydrogen-bond acceptors (Lipinski definition) is 5. The van der Waals surface area contributed by atoms with Crippen molar-refractivity contribution in [3.63, 3.8) is 0 Å². The van der Waals surface area contributed by atoms with E-state index >= 15 is 0 Å². The lowest BCUT2D eigenvalue weighted by Gasteiger charge is -2.24. The molecule has 0 aliphatic rings. The minimum absolute atomic E-state index is 0.00974. The molecule has 0 fully saturated rings. The van der Waals surface area contributed by atoms with Crippen molar-refractivity contribution in [1.29, 1.82) is 0 Å². The molecule has 12 heteroatoms. The van der Waals surface area contributed by atoms with Gasteiger partial charge in [0.25, 0.3) is 20.0 Å². The van der Waals surface area contributed by atoms with Crippen molar-refractivity contribution in [3.05, 3.63) is 113 Å². The fourth-order valence-corrected chi connectivity index (χ4v) is 6.25. The average Bonchev–Trinajstić information content (AvgIpc) is 2.89. The molecule has 2 N–H and O–H groups in total. The lowest BCUT2D eigenvalue weighted by molar-refractivity contribution is -0.114. The number of benzene rings is 4. The zero-order valence-electron chi connectivity index (χ0n) is 19.6. The summed E-state index contributed by atoms with van der Waals surface area (Å²) in [5, 5.41) is 3.38. The second-order valence-electron chi connectivity index (χ2n) is 7.99. The van der Waals surface area contributed by atoms with Gasteiger partial charge in [-0.1, -0.05) is 47.5 Å². The van der Waals surface area contributed by atoms with Gasteiger partial charge >= 0.3 is 0 Å². The maximum absolute atomic E-state index is 13.4. The summed E-state index contributed by atoms with van der Waals surface area (Å²) >= 11 is 11.9. The van der Waals surface area contributed by atoms with Crippen molar-refractivity contribution in [1.82, 2.24) is 0 Å². The number of rotatable bonds is 9. The van der Waals surface area contributed by atoms with Crippen LogP contribution >= 0.6 is 23.2 Å². The minimum atomic E-state index is -4.10. The lowest BCUT2D eigenvalue weighted by atomic mass is 10.3. The number of carbonyl (C=O) groups excluding carboxylic acids is 1. The maximum atomic E-state index is 13.4. The van der Waals surface area contributed by atoms with E-state index in [-0.39, 0.29) is 21.2 Å². The molecule has 4 aromatic rings. The third-order valence-electron chi connectivity index (χ3n) is 5.26. The van der Waals surface area contributed by atoms with E-state index in [0.29, 0.717) is 15.7 Å². The Balaban J connectivity index is 1.52. The molecule has 0 radical (unpaired) electrons. The Labute approximate surface area is 230 Å². The molecule has 0 bridgehead atoms. The van der Waals surface area contributed by atoms with E-state index in [4.69, 9.17) is 23.2 Å². The van der Waals surface area contributed by atoms with Gasteiger partial charge in [0.05, 0.1) is 15.5 Å². The fraction of sp³-hybridized carbons (Fsp3) is 0.0385. The first-order valence-electron chi connectivity index (χ1n) is 11.1. The number of sulfonamides is 2. The van der Waals surface area contributed by atoms with Crippen molar-refractivity contribution in [2.24, 2.45) is 0 Å². The number of amides is 1. The van der Waals surface area contributed by atoms with Crippen LogP contribution in [0.1, 0.15) is 0 Å². The highest BCUT2D eigenvalue weighted by atomic mass is 35.5. The zero-order chi connectivity index (χ0) is 27.3. The van der Waals surface area contributed by atoms with Crippen LogP contribution in [0.3, 0.4) is 0 Å². The molecule has 8 nitrogen and oxygen atoms in total. The maximum Gasteiger partial charge on any atom is 0.264 e. The first kappa shape index (κ1) is 27.5. The molecule has 0 atom stereocenters. The highest BCUT2D eigenvalue weighted by Crippen LogP contribution is 2.26. The molecule has 0 saturated heterocycles. The predicted molar refractivity (Wildman–Crippen MR) is 150 cm³/mol. The lowest BCUT2D eigenvalue weighted by Crippen LogP contribution is -2.38. The molecule has 0 unspecified atom stereocenters. The van der Waals surface area contributed by atoms with Crippen LogP contribution < -0.4 is 14.3 Å². The number of carbonyl (C=O) groups is 1. The first-order chi connectivity index (χ1) is 18.0. The van der Waals surface area contributed by atoms with Crippen LogP contribution in [0.4, 0.5) is 17.1 Å². The highest BCUT2D eigenvalue weighted by Gasteiger charge is 2.27. The Bertz CT molecular complexity index is 1650. The van der Waals surface area contributed by atoms with Crippen molar-refractivity contribution in [3.8, 4) is 0 Å². The molecule has 38 heavy (non-hydrogen) atoms. The first-order valence-corrected chi connectivity index (χ1v) is 14.7. The third-order valence-corrected chi connectivity index (χ3v) is 8.93. The molecule has 196 valence electrons. The number of nitrogens with one attached hydrogen (secondary N) is 2. The predicted octanol–water partition coefficient (Wildman–Crippen LogP) is 5.63. The largest absolute Gasteiger partial charge is 0.325 e. The van der Waals surface area contributed by atoms with Gasteiger partial charge < -0.3 is 5.32 Å². The van der Waals surface area contributed by atoms with Gasteiger partial charge in [-0.05, 0) is 78.9 Å². The molecular weight excluding hydrogens is 569 g/mol. The monoisotopic (exact) mass is 589 g/mol. The summed E-state index contributed by atoms with van der Waals surface area (Å²) in [6.07, 6.45) is 0. The smallest absolute Gasteiger partial charge is 0.264 e. The molecule has 1 amide bonds. The van der Waals surface area contributed by atoms with E-state index < -0.39 is 32.5 Å². The minimum Gasteiger partial charge on any atom is -0.325 e. The average molecular weight is 591 g/mol. The summed E-state index contributed by atoms with van der Waals surface area (Å²) < 4.78 is 55.5. The molecule has 0 aliphatic heterocycles. The molecular formula is C26H21Cl2N3O5S2. The van der Waals surface area contributed by atoms with Crippen LogP contribution in [0.5, 0.6) is 0 Å². The van der Waals surface area contributed by atoms with Gasteiger partial charge in [-0.2, -0.15) is 0 Å². The quantitative estimate of drug-likeness (QED) is 0.263. The molecule has 0 spiro atoms. The second-order valence-corrected chi connectivity index (χ2v) is 12.4. The summed E-state index contributed by atoms with van der Waals surface area (Å²) in [6, 6.07) is 25.5. The van der Waals surface area contributed by atoms with Gasteiger partial charge in [-0.3, -0.25) is 13.8 Å². The van der Waals surface area contributed by atoms with Crippen LogP contribution in [-0.4, -0.2) is 29.3 Å². The molecule has 4 rings (SSSR count). The summed E-state index contributed by atoms with van der Waals surface area (Å²) in [7, 11) is -7.99. The second kappa shape index (κ2) is 11.4. The Kier molecular flexibility index (Phi) is 8.27. The third kappa shape index (κ3) is 6.65. The van der Waals surface area contributed by atoms with Crippen molar-refractivity contribution in [2.45, 2.75) is 9.79 Å². The van der Waals surface area contributed by atoms with E-state index in [1.807, 2.05) is 0 Å². The zero-order valence-corrected chi connectivity index (χ0v) is 22.7. The topological polar surface area (TPSA) is 113 Å². The Morgan fingerprint density at radius 1 is 0.684 bits per heavy atom. The molecule has 4 aromatic carbocycles. The fourth-order valence-electron chi connectivity index (χ4n) is 3.45. The molecule has 0 saturated carbocycles. The Morgan fingerprint density at radius 3 is 1.95 bits per heavy atom. The summed E-state index contributed by atoms with van der Waals surface area (Å²) in [4.78, 5) is 12.9. The van der Waals surface area contributed by atoms with Crippen molar-refractivity contribution >= 4 is 66.2 Å². The van der Waals surface area contributed by atoms with Crippen LogP contribution in [-0.2, 0) is 24.8 Å². The molecule has 0 heterocycles. The standard InChI is InChI=1S/C26H21Cl2N3O5S2/c27-19-9-11-22(12-10-19)30-37(33,34)24-15-13-21(14-16-24)29-26(32)18-31(23-6-4-5-20(28)17-23)38(35,36)25-7-2-1-3-8-25/h1-17,30H,18H2,(H,29,32). The van der Waals surface area contributed by atoms with Crippen molar-refractivity contribution in [2.75, 3.05) is 20.9 Å².